The molecule has 2 aromatic rings. The number of nitrogens with zero attached hydrogens (tertiary/aromatic N) is 1. The van der Waals surface area contributed by atoms with E-state index >= 15 is 0 Å². The Labute approximate surface area is 183 Å². The van der Waals surface area contributed by atoms with Crippen molar-refractivity contribution >= 4 is 25.3 Å². The monoisotopic (exact) mass is 425 g/mol. The van der Waals surface area contributed by atoms with E-state index in [-0.39, 0.29) is 0 Å². The van der Waals surface area contributed by atoms with Crippen LogP contribution < -0.4 is 4.43 Å². The Morgan fingerprint density at radius 1 is 0.967 bits per heavy atom. The molecule has 0 heterocycles. The molecule has 3 nitrogen and oxygen atoms in total. The topological polar surface area (TPSA) is 41.8 Å². The maximum atomic E-state index is 9.56. The minimum absolute atomic E-state index is 0.488. The summed E-state index contributed by atoms with van der Waals surface area (Å²) in [5.74, 6) is 1.50. The van der Waals surface area contributed by atoms with Gasteiger partial charge in [-0.15, -0.1) is 0 Å². The molecule has 1 aliphatic rings. The van der Waals surface area contributed by atoms with E-state index in [2.05, 4.69) is 77.0 Å². The number of benzene rings is 2. The van der Waals surface area contributed by atoms with E-state index in [0.717, 1.165) is 16.7 Å². The van der Waals surface area contributed by atoms with Crippen molar-refractivity contribution in [1.29, 1.82) is 0 Å². The first kappa shape index (κ1) is 22.9. The summed E-state index contributed by atoms with van der Waals surface area (Å²) in [5, 5.41) is 15.3. The lowest BCUT2D eigenvalue weighted by molar-refractivity contribution is 0.321. The SMILES string of the molecule is CC(C)[Si](Oc1c(C2CCCCC2)cc2ccccc2c1/C=N/O)(C(C)C)C(C)C. The van der Waals surface area contributed by atoms with E-state index in [1.54, 1.807) is 6.21 Å². The number of rotatable bonds is 7. The predicted molar refractivity (Wildman–Crippen MR) is 131 cm³/mol. The van der Waals surface area contributed by atoms with Gasteiger partial charge in [0.15, 0.2) is 0 Å². The standard InChI is InChI=1S/C26H39NO2Si/c1-18(2)30(19(3)4,20(5)6)29-26-24(21-12-8-7-9-13-21)16-22-14-10-11-15-23(22)25(26)17-27-28/h10-11,14-21,28H,7-9,12-13H2,1-6H3/b27-17+. The van der Waals surface area contributed by atoms with Gasteiger partial charge in [-0.25, -0.2) is 0 Å². The smallest absolute Gasteiger partial charge is 0.258 e. The Balaban J connectivity index is 2.30. The van der Waals surface area contributed by atoms with Crippen LogP contribution in [0.3, 0.4) is 0 Å². The predicted octanol–water partition coefficient (Wildman–Crippen LogP) is 8.25. The first-order chi connectivity index (χ1) is 14.3. The molecule has 2 aromatic carbocycles. The zero-order chi connectivity index (χ0) is 21.9. The number of hydrogen-bond acceptors (Lipinski definition) is 3. The second kappa shape index (κ2) is 9.55. The van der Waals surface area contributed by atoms with Gasteiger partial charge < -0.3 is 9.63 Å². The van der Waals surface area contributed by atoms with Crippen LogP contribution >= 0.6 is 0 Å². The van der Waals surface area contributed by atoms with Crippen LogP contribution in [0.2, 0.25) is 16.6 Å². The molecule has 1 N–H and O–H groups in total. The van der Waals surface area contributed by atoms with Gasteiger partial charge in [0.25, 0.3) is 8.32 Å². The van der Waals surface area contributed by atoms with E-state index in [1.807, 2.05) is 0 Å². The maximum absolute atomic E-state index is 9.56. The molecule has 0 spiro atoms. The molecule has 0 aliphatic heterocycles. The normalized spacial score (nSPS) is 16.4. The van der Waals surface area contributed by atoms with Gasteiger partial charge in [0, 0.05) is 5.56 Å². The lowest BCUT2D eigenvalue weighted by atomic mass is 9.82. The van der Waals surface area contributed by atoms with Crippen molar-refractivity contribution < 1.29 is 9.63 Å². The van der Waals surface area contributed by atoms with Crippen molar-refractivity contribution in [1.82, 2.24) is 0 Å². The van der Waals surface area contributed by atoms with Crippen molar-refractivity contribution in [2.24, 2.45) is 5.16 Å². The number of fused-ring (bicyclic) bond motifs is 1. The van der Waals surface area contributed by atoms with Crippen molar-refractivity contribution in [2.75, 3.05) is 0 Å². The zero-order valence-electron chi connectivity index (χ0n) is 19.6. The Bertz CT molecular complexity index is 860. The van der Waals surface area contributed by atoms with Gasteiger partial charge in [-0.3, -0.25) is 0 Å². The lowest BCUT2D eigenvalue weighted by Gasteiger charge is -2.43. The molecule has 3 rings (SSSR count). The molecule has 4 heteroatoms. The van der Waals surface area contributed by atoms with Gasteiger partial charge in [0.2, 0.25) is 0 Å². The molecular formula is C26H39NO2Si. The minimum atomic E-state index is -2.15. The highest BCUT2D eigenvalue weighted by Gasteiger charge is 2.48. The molecule has 0 radical (unpaired) electrons. The summed E-state index contributed by atoms with van der Waals surface area (Å²) < 4.78 is 7.30. The third-order valence-corrected chi connectivity index (χ3v) is 13.3. The fourth-order valence-electron chi connectivity index (χ4n) is 5.93. The molecule has 0 atom stereocenters. The summed E-state index contributed by atoms with van der Waals surface area (Å²) in [4.78, 5) is 0. The summed E-state index contributed by atoms with van der Waals surface area (Å²) in [6.45, 7) is 14.0. The lowest BCUT2D eigenvalue weighted by Crippen LogP contribution is -2.51. The molecule has 1 aliphatic carbocycles. The van der Waals surface area contributed by atoms with Crippen LogP contribution in [0.15, 0.2) is 35.5 Å². The summed E-state index contributed by atoms with van der Waals surface area (Å²) in [5.41, 5.74) is 3.73. The summed E-state index contributed by atoms with van der Waals surface area (Å²) >= 11 is 0. The van der Waals surface area contributed by atoms with Gasteiger partial charge >= 0.3 is 0 Å². The Hall–Kier alpha value is -1.81. The highest BCUT2D eigenvalue weighted by atomic mass is 28.4. The third kappa shape index (κ3) is 4.16. The molecule has 0 aromatic heterocycles. The maximum Gasteiger partial charge on any atom is 0.258 e. The van der Waals surface area contributed by atoms with E-state index < -0.39 is 8.32 Å². The fourth-order valence-corrected chi connectivity index (χ4v) is 11.2. The van der Waals surface area contributed by atoms with Crippen molar-refractivity contribution in [3.63, 3.8) is 0 Å². The molecule has 164 valence electrons. The zero-order valence-corrected chi connectivity index (χ0v) is 20.6. The average molecular weight is 426 g/mol. The van der Waals surface area contributed by atoms with Gasteiger partial charge in [-0.2, -0.15) is 0 Å². The third-order valence-electron chi connectivity index (χ3n) is 7.29. The quantitative estimate of drug-likeness (QED) is 0.210. The first-order valence-corrected chi connectivity index (χ1v) is 13.9. The Morgan fingerprint density at radius 2 is 1.57 bits per heavy atom. The average Bonchev–Trinajstić information content (AvgIpc) is 2.72. The minimum Gasteiger partial charge on any atom is -0.542 e. The van der Waals surface area contributed by atoms with Gasteiger partial charge in [-0.1, -0.05) is 90.2 Å². The van der Waals surface area contributed by atoms with Gasteiger partial charge in [0.1, 0.15) is 5.75 Å². The van der Waals surface area contributed by atoms with Crippen LogP contribution in [0.4, 0.5) is 0 Å². The number of oxime groups is 1. The van der Waals surface area contributed by atoms with E-state index in [1.165, 1.54) is 43.1 Å². The Kier molecular flexibility index (Phi) is 7.28. The molecule has 1 saturated carbocycles. The van der Waals surface area contributed by atoms with Crippen LogP contribution in [-0.4, -0.2) is 19.7 Å². The van der Waals surface area contributed by atoms with Gasteiger partial charge in [-0.05, 0) is 57.8 Å². The molecule has 0 unspecified atom stereocenters. The second-order valence-electron chi connectivity index (χ2n) is 9.93. The Morgan fingerprint density at radius 3 is 2.13 bits per heavy atom. The highest BCUT2D eigenvalue weighted by molar-refractivity contribution is 6.78. The molecule has 0 saturated heterocycles. The van der Waals surface area contributed by atoms with E-state index in [4.69, 9.17) is 4.43 Å². The van der Waals surface area contributed by atoms with Crippen LogP contribution in [-0.2, 0) is 0 Å². The van der Waals surface area contributed by atoms with Crippen LogP contribution in [0.25, 0.3) is 10.8 Å². The largest absolute Gasteiger partial charge is 0.542 e. The van der Waals surface area contributed by atoms with E-state index in [9.17, 15) is 5.21 Å². The van der Waals surface area contributed by atoms with Crippen LogP contribution in [0, 0.1) is 0 Å². The fraction of sp³-hybridized carbons (Fsp3) is 0.577. The molecule has 0 amide bonds. The first-order valence-electron chi connectivity index (χ1n) is 11.7. The highest BCUT2D eigenvalue weighted by Crippen LogP contribution is 2.48. The van der Waals surface area contributed by atoms with Crippen molar-refractivity contribution in [2.45, 2.75) is 96.2 Å². The molecule has 1 fully saturated rings. The summed E-state index contributed by atoms with van der Waals surface area (Å²) in [6, 6.07) is 10.8. The van der Waals surface area contributed by atoms with Gasteiger partial charge in [0.05, 0.1) is 6.21 Å². The molecule has 30 heavy (non-hydrogen) atoms. The van der Waals surface area contributed by atoms with Crippen molar-refractivity contribution in [3.05, 3.63) is 41.5 Å². The second-order valence-corrected chi connectivity index (χ2v) is 15.3. The van der Waals surface area contributed by atoms with Crippen LogP contribution in [0.5, 0.6) is 5.75 Å². The van der Waals surface area contributed by atoms with Crippen LogP contribution in [0.1, 0.15) is 90.7 Å². The van der Waals surface area contributed by atoms with Crippen molar-refractivity contribution in [3.8, 4) is 5.75 Å². The molecule has 0 bridgehead atoms. The molecular weight excluding hydrogens is 386 g/mol. The summed E-state index contributed by atoms with van der Waals surface area (Å²) in [7, 11) is -2.15. The summed E-state index contributed by atoms with van der Waals surface area (Å²) in [6.07, 6.45) is 7.91. The van der Waals surface area contributed by atoms with E-state index in [0.29, 0.717) is 22.5 Å². The number of hydrogen-bond donors (Lipinski definition) is 1.